The third kappa shape index (κ3) is 3.11. The summed E-state index contributed by atoms with van der Waals surface area (Å²) in [6.45, 7) is 2.43. The predicted molar refractivity (Wildman–Crippen MR) is 82.8 cm³/mol. The van der Waals surface area contributed by atoms with E-state index in [1.807, 2.05) is 0 Å². The van der Waals surface area contributed by atoms with Crippen molar-refractivity contribution in [2.24, 2.45) is 17.6 Å². The zero-order chi connectivity index (χ0) is 14.9. The van der Waals surface area contributed by atoms with Crippen molar-refractivity contribution < 1.29 is 9.53 Å². The highest BCUT2D eigenvalue weighted by molar-refractivity contribution is 5.80. The Morgan fingerprint density at radius 3 is 2.67 bits per heavy atom. The van der Waals surface area contributed by atoms with E-state index in [0.29, 0.717) is 6.04 Å². The summed E-state index contributed by atoms with van der Waals surface area (Å²) in [4.78, 5) is 14.6. The average Bonchev–Trinajstić information content (AvgIpc) is 2.53. The first kappa shape index (κ1) is 15.3. The van der Waals surface area contributed by atoms with Gasteiger partial charge in [-0.15, -0.1) is 0 Å². The molecule has 0 aromatic rings. The number of nitrogens with two attached hydrogens (primary N) is 1. The van der Waals surface area contributed by atoms with E-state index in [9.17, 15) is 4.79 Å². The molecule has 3 aliphatic rings. The minimum atomic E-state index is -0.749. The van der Waals surface area contributed by atoms with Crippen LogP contribution in [0.5, 0.6) is 0 Å². The molecule has 1 heterocycles. The summed E-state index contributed by atoms with van der Waals surface area (Å²) in [6, 6.07) is 0.478. The van der Waals surface area contributed by atoms with E-state index in [1.165, 1.54) is 58.7 Å². The number of methoxy groups -OCH3 is 1. The molecule has 4 nitrogen and oxygen atoms in total. The number of rotatable bonds is 2. The topological polar surface area (TPSA) is 55.6 Å². The van der Waals surface area contributed by atoms with Gasteiger partial charge in [0.15, 0.2) is 0 Å². The summed E-state index contributed by atoms with van der Waals surface area (Å²) in [5, 5.41) is 0. The monoisotopic (exact) mass is 294 g/mol. The molecule has 0 spiro atoms. The fourth-order valence-corrected chi connectivity index (χ4v) is 4.94. The van der Waals surface area contributed by atoms with Crippen molar-refractivity contribution >= 4 is 5.97 Å². The fraction of sp³-hybridized carbons (Fsp3) is 0.941. The van der Waals surface area contributed by atoms with Crippen LogP contribution in [0.25, 0.3) is 0 Å². The number of fused-ring (bicyclic) bond motifs is 1. The van der Waals surface area contributed by atoms with Crippen molar-refractivity contribution in [3.63, 3.8) is 0 Å². The summed E-state index contributed by atoms with van der Waals surface area (Å²) in [5.74, 6) is 1.63. The van der Waals surface area contributed by atoms with E-state index < -0.39 is 5.54 Å². The van der Waals surface area contributed by atoms with Gasteiger partial charge in [-0.1, -0.05) is 19.3 Å². The van der Waals surface area contributed by atoms with Crippen LogP contribution >= 0.6 is 0 Å². The molecule has 0 aromatic heterocycles. The molecule has 120 valence electrons. The summed E-state index contributed by atoms with van der Waals surface area (Å²) in [6.07, 6.45) is 10.8. The fourth-order valence-electron chi connectivity index (χ4n) is 4.94. The molecule has 21 heavy (non-hydrogen) atoms. The van der Waals surface area contributed by atoms with Gasteiger partial charge in [-0.2, -0.15) is 0 Å². The smallest absolute Gasteiger partial charge is 0.325 e. The Bertz CT molecular complexity index is 387. The highest BCUT2D eigenvalue weighted by Crippen LogP contribution is 2.39. The zero-order valence-corrected chi connectivity index (χ0v) is 13.4. The molecule has 0 bridgehead atoms. The third-order valence-electron chi connectivity index (χ3n) is 6.19. The van der Waals surface area contributed by atoms with Crippen molar-refractivity contribution in [3.05, 3.63) is 0 Å². The number of likely N-dealkylation sites (tertiary alicyclic amines) is 1. The first-order chi connectivity index (χ1) is 10.1. The lowest BCUT2D eigenvalue weighted by Gasteiger charge is -2.47. The van der Waals surface area contributed by atoms with Crippen LogP contribution in [-0.4, -0.2) is 42.6 Å². The average molecular weight is 294 g/mol. The number of ether oxygens (including phenoxy) is 1. The number of carbonyl (C=O) groups is 1. The van der Waals surface area contributed by atoms with Gasteiger partial charge in [-0.05, 0) is 56.9 Å². The van der Waals surface area contributed by atoms with Crippen LogP contribution in [0.2, 0.25) is 0 Å². The molecule has 2 saturated carbocycles. The van der Waals surface area contributed by atoms with Crippen molar-refractivity contribution in [2.75, 3.05) is 20.2 Å². The second-order valence-electron chi connectivity index (χ2n) is 7.49. The molecule has 1 aliphatic heterocycles. The lowest BCUT2D eigenvalue weighted by atomic mass is 9.73. The molecule has 0 radical (unpaired) electrons. The standard InChI is InChI=1S/C17H30N2O2/c1-21-16(20)17(18)9-4-7-15(11-17)19-10-8-13-5-2-3-6-14(13)12-19/h13-15H,2-12,18H2,1H3. The molecule has 4 unspecified atom stereocenters. The number of carbonyl (C=O) groups excluding carboxylic acids is 1. The van der Waals surface area contributed by atoms with Crippen molar-refractivity contribution in [1.82, 2.24) is 4.90 Å². The van der Waals surface area contributed by atoms with Gasteiger partial charge in [0, 0.05) is 12.6 Å². The van der Waals surface area contributed by atoms with E-state index in [0.717, 1.165) is 31.1 Å². The second kappa shape index (κ2) is 6.25. The molecule has 2 aliphatic carbocycles. The van der Waals surface area contributed by atoms with E-state index >= 15 is 0 Å². The van der Waals surface area contributed by atoms with Crippen molar-refractivity contribution in [3.8, 4) is 0 Å². The quantitative estimate of drug-likeness (QED) is 0.794. The first-order valence-electron chi connectivity index (χ1n) is 8.74. The zero-order valence-electron chi connectivity index (χ0n) is 13.4. The highest BCUT2D eigenvalue weighted by Gasteiger charge is 2.43. The molecule has 4 atom stereocenters. The van der Waals surface area contributed by atoms with Gasteiger partial charge in [-0.3, -0.25) is 4.79 Å². The summed E-state index contributed by atoms with van der Waals surface area (Å²) >= 11 is 0. The highest BCUT2D eigenvalue weighted by atomic mass is 16.5. The Kier molecular flexibility index (Phi) is 4.55. The lowest BCUT2D eigenvalue weighted by Crippen LogP contribution is -2.57. The maximum absolute atomic E-state index is 12.0. The van der Waals surface area contributed by atoms with E-state index in [4.69, 9.17) is 10.5 Å². The molecular weight excluding hydrogens is 264 g/mol. The summed E-state index contributed by atoms with van der Waals surface area (Å²) < 4.78 is 4.93. The van der Waals surface area contributed by atoms with Crippen LogP contribution < -0.4 is 5.73 Å². The van der Waals surface area contributed by atoms with Crippen LogP contribution in [0.3, 0.4) is 0 Å². The van der Waals surface area contributed by atoms with Crippen LogP contribution in [0.4, 0.5) is 0 Å². The van der Waals surface area contributed by atoms with Crippen LogP contribution in [0, 0.1) is 11.8 Å². The number of piperidine rings is 1. The van der Waals surface area contributed by atoms with Gasteiger partial charge >= 0.3 is 5.97 Å². The maximum Gasteiger partial charge on any atom is 0.325 e. The molecule has 0 amide bonds. The SMILES string of the molecule is COC(=O)C1(N)CCCC(N2CCC3CCCCC3C2)C1. The molecule has 1 saturated heterocycles. The Hall–Kier alpha value is -0.610. The molecular formula is C17H30N2O2. The normalized spacial score (nSPS) is 41.3. The first-order valence-corrected chi connectivity index (χ1v) is 8.74. The van der Waals surface area contributed by atoms with Gasteiger partial charge < -0.3 is 15.4 Å². The number of hydrogen-bond acceptors (Lipinski definition) is 4. The number of hydrogen-bond donors (Lipinski definition) is 1. The lowest BCUT2D eigenvalue weighted by molar-refractivity contribution is -0.149. The largest absolute Gasteiger partial charge is 0.468 e. The Morgan fingerprint density at radius 1 is 1.14 bits per heavy atom. The Balaban J connectivity index is 1.62. The molecule has 3 rings (SSSR count). The summed E-state index contributed by atoms with van der Waals surface area (Å²) in [7, 11) is 1.45. The van der Waals surface area contributed by atoms with Gasteiger partial charge in [0.25, 0.3) is 0 Å². The van der Waals surface area contributed by atoms with Crippen LogP contribution in [-0.2, 0) is 9.53 Å². The number of nitrogens with zero attached hydrogens (tertiary/aromatic N) is 1. The third-order valence-corrected chi connectivity index (χ3v) is 6.19. The van der Waals surface area contributed by atoms with Gasteiger partial charge in [0.1, 0.15) is 5.54 Å². The van der Waals surface area contributed by atoms with E-state index in [2.05, 4.69) is 4.90 Å². The minimum absolute atomic E-state index is 0.222. The molecule has 4 heteroatoms. The number of esters is 1. The second-order valence-corrected chi connectivity index (χ2v) is 7.49. The summed E-state index contributed by atoms with van der Waals surface area (Å²) in [5.41, 5.74) is 5.59. The Labute approximate surface area is 128 Å². The van der Waals surface area contributed by atoms with Crippen LogP contribution in [0.1, 0.15) is 57.8 Å². The molecule has 2 N–H and O–H groups in total. The van der Waals surface area contributed by atoms with Gasteiger partial charge in [0.2, 0.25) is 0 Å². The van der Waals surface area contributed by atoms with Crippen LogP contribution in [0.15, 0.2) is 0 Å². The van der Waals surface area contributed by atoms with Gasteiger partial charge in [-0.25, -0.2) is 0 Å². The van der Waals surface area contributed by atoms with E-state index in [1.54, 1.807) is 0 Å². The molecule has 0 aromatic carbocycles. The maximum atomic E-state index is 12.0. The van der Waals surface area contributed by atoms with Crippen molar-refractivity contribution in [2.45, 2.75) is 69.4 Å². The van der Waals surface area contributed by atoms with E-state index in [-0.39, 0.29) is 5.97 Å². The minimum Gasteiger partial charge on any atom is -0.468 e. The predicted octanol–water partition coefficient (Wildman–Crippen LogP) is 2.31. The van der Waals surface area contributed by atoms with Gasteiger partial charge in [0.05, 0.1) is 7.11 Å². The Morgan fingerprint density at radius 2 is 1.90 bits per heavy atom. The van der Waals surface area contributed by atoms with Crippen molar-refractivity contribution in [1.29, 1.82) is 0 Å². The molecule has 3 fully saturated rings.